The summed E-state index contributed by atoms with van der Waals surface area (Å²) in [7, 11) is 0. The van der Waals surface area contributed by atoms with Crippen LogP contribution in [0.2, 0.25) is 5.02 Å². The predicted octanol–water partition coefficient (Wildman–Crippen LogP) is 1.91. The smallest absolute Gasteiger partial charge is 0.267 e. The zero-order valence-corrected chi connectivity index (χ0v) is 7.36. The number of aromatic nitrogens is 1. The van der Waals surface area contributed by atoms with Crippen LogP contribution in [0.3, 0.4) is 0 Å². The fourth-order valence-corrected chi connectivity index (χ4v) is 1.00. The first kappa shape index (κ1) is 10.8. The maximum Gasteiger partial charge on any atom is 0.267 e. The van der Waals surface area contributed by atoms with Crippen LogP contribution < -0.4 is 5.73 Å². The van der Waals surface area contributed by atoms with Gasteiger partial charge in [0.1, 0.15) is 5.69 Å². The Kier molecular flexibility index (Phi) is 2.95. The number of primary amides is 1. The van der Waals surface area contributed by atoms with Crippen molar-refractivity contribution < 1.29 is 18.0 Å². The molecule has 1 aromatic rings. The first-order valence-corrected chi connectivity index (χ1v) is 3.75. The molecule has 0 aliphatic heterocycles. The highest BCUT2D eigenvalue weighted by molar-refractivity contribution is 6.30. The topological polar surface area (TPSA) is 56.0 Å². The number of rotatable bonds is 2. The van der Waals surface area contributed by atoms with Gasteiger partial charge in [-0.05, 0) is 6.07 Å². The third-order valence-corrected chi connectivity index (χ3v) is 1.70. The fourth-order valence-electron chi connectivity index (χ4n) is 0.844. The molecule has 1 rings (SSSR count). The van der Waals surface area contributed by atoms with Gasteiger partial charge in [-0.3, -0.25) is 4.79 Å². The molecule has 1 aromatic heterocycles. The third-order valence-electron chi connectivity index (χ3n) is 1.43. The van der Waals surface area contributed by atoms with Crippen molar-refractivity contribution in [3.63, 3.8) is 0 Å². The second kappa shape index (κ2) is 3.83. The molecule has 0 aliphatic rings. The minimum atomic E-state index is -2.98. The molecule has 1 amide bonds. The predicted molar refractivity (Wildman–Crippen MR) is 42.7 cm³/mol. The number of hydrogen-bond acceptors (Lipinski definition) is 2. The molecule has 0 saturated carbocycles. The lowest BCUT2D eigenvalue weighted by Gasteiger charge is -2.05. The largest absolute Gasteiger partial charge is 0.364 e. The Bertz CT molecular complexity index is 383. The van der Waals surface area contributed by atoms with Crippen molar-refractivity contribution in [2.45, 2.75) is 6.43 Å². The van der Waals surface area contributed by atoms with E-state index in [1.54, 1.807) is 0 Å². The first-order valence-electron chi connectivity index (χ1n) is 3.37. The Morgan fingerprint density at radius 3 is 2.57 bits per heavy atom. The maximum absolute atomic E-state index is 12.7. The van der Waals surface area contributed by atoms with E-state index in [9.17, 15) is 18.0 Å². The molecular formula is C7H4ClF3N2O. The van der Waals surface area contributed by atoms with Crippen molar-refractivity contribution in [1.29, 1.82) is 0 Å². The van der Waals surface area contributed by atoms with E-state index in [1.165, 1.54) is 0 Å². The van der Waals surface area contributed by atoms with Crippen LogP contribution in [-0.4, -0.2) is 10.9 Å². The number of amides is 1. The van der Waals surface area contributed by atoms with Crippen LogP contribution in [0.15, 0.2) is 6.07 Å². The van der Waals surface area contributed by atoms with E-state index in [0.717, 1.165) is 0 Å². The number of alkyl halides is 2. The van der Waals surface area contributed by atoms with Crippen LogP contribution >= 0.6 is 11.6 Å². The quantitative estimate of drug-likeness (QED) is 0.780. The summed E-state index contributed by atoms with van der Waals surface area (Å²) in [5, 5.41) is -0.578. The molecule has 0 saturated heterocycles. The van der Waals surface area contributed by atoms with Gasteiger partial charge in [-0.1, -0.05) is 11.6 Å². The van der Waals surface area contributed by atoms with Crippen molar-refractivity contribution in [1.82, 2.24) is 4.98 Å². The first-order chi connectivity index (χ1) is 6.43. The third kappa shape index (κ3) is 1.95. The summed E-state index contributed by atoms with van der Waals surface area (Å²) >= 11 is 5.21. The Balaban J connectivity index is 3.39. The van der Waals surface area contributed by atoms with Crippen LogP contribution in [0.4, 0.5) is 13.2 Å². The van der Waals surface area contributed by atoms with E-state index in [0.29, 0.717) is 6.07 Å². The second-order valence-corrected chi connectivity index (χ2v) is 2.77. The van der Waals surface area contributed by atoms with Gasteiger partial charge in [0, 0.05) is 0 Å². The van der Waals surface area contributed by atoms with Gasteiger partial charge in [0.15, 0.2) is 0 Å². The average Bonchev–Trinajstić information content (AvgIpc) is 2.08. The number of carbonyl (C=O) groups excluding carboxylic acids is 1. The number of pyridine rings is 1. The van der Waals surface area contributed by atoms with E-state index < -0.39 is 34.6 Å². The Labute approximate surface area is 81.7 Å². The van der Waals surface area contributed by atoms with Gasteiger partial charge in [-0.2, -0.15) is 4.39 Å². The summed E-state index contributed by atoms with van der Waals surface area (Å²) in [4.78, 5) is 13.5. The average molecular weight is 225 g/mol. The summed E-state index contributed by atoms with van der Waals surface area (Å²) in [6, 6.07) is 0.634. The van der Waals surface area contributed by atoms with Gasteiger partial charge < -0.3 is 5.73 Å². The lowest BCUT2D eigenvalue weighted by atomic mass is 10.2. The lowest BCUT2D eigenvalue weighted by Crippen LogP contribution is -2.17. The van der Waals surface area contributed by atoms with Crippen molar-refractivity contribution >= 4 is 17.5 Å². The van der Waals surface area contributed by atoms with Gasteiger partial charge in [0.05, 0.1) is 10.6 Å². The summed E-state index contributed by atoms with van der Waals surface area (Å²) in [6.07, 6.45) is -2.98. The highest BCUT2D eigenvalue weighted by Crippen LogP contribution is 2.25. The molecule has 0 unspecified atom stereocenters. The minimum absolute atomic E-state index is 0.578. The molecule has 0 radical (unpaired) electrons. The number of nitrogens with zero attached hydrogens (tertiary/aromatic N) is 1. The van der Waals surface area contributed by atoms with E-state index >= 15 is 0 Å². The monoisotopic (exact) mass is 224 g/mol. The molecule has 3 nitrogen and oxygen atoms in total. The molecule has 1 heterocycles. The van der Waals surface area contributed by atoms with Gasteiger partial charge >= 0.3 is 0 Å². The van der Waals surface area contributed by atoms with Crippen molar-refractivity contribution in [2.75, 3.05) is 0 Å². The summed E-state index contributed by atoms with van der Waals surface area (Å²) in [5.41, 5.74) is 3.15. The fraction of sp³-hybridized carbons (Fsp3) is 0.143. The molecule has 0 spiro atoms. The molecule has 0 bridgehead atoms. The van der Waals surface area contributed by atoms with Gasteiger partial charge in [0.2, 0.25) is 5.95 Å². The van der Waals surface area contributed by atoms with E-state index in [1.807, 2.05) is 0 Å². The van der Waals surface area contributed by atoms with Gasteiger partial charge in [0.25, 0.3) is 12.3 Å². The van der Waals surface area contributed by atoms with Gasteiger partial charge in [-0.25, -0.2) is 13.8 Å². The van der Waals surface area contributed by atoms with E-state index in [2.05, 4.69) is 4.98 Å². The van der Waals surface area contributed by atoms with Crippen LogP contribution in [0.5, 0.6) is 0 Å². The molecule has 0 fully saturated rings. The molecule has 0 aliphatic carbocycles. The highest BCUT2D eigenvalue weighted by Gasteiger charge is 2.21. The Morgan fingerprint density at radius 1 is 1.57 bits per heavy atom. The molecule has 7 heteroatoms. The zero-order chi connectivity index (χ0) is 10.9. The molecule has 0 aromatic carbocycles. The van der Waals surface area contributed by atoms with Crippen LogP contribution in [-0.2, 0) is 0 Å². The molecule has 2 N–H and O–H groups in total. The minimum Gasteiger partial charge on any atom is -0.364 e. The highest BCUT2D eigenvalue weighted by atomic mass is 35.5. The van der Waals surface area contributed by atoms with Crippen LogP contribution in [0.25, 0.3) is 0 Å². The maximum atomic E-state index is 12.7. The number of carbonyl (C=O) groups is 1. The van der Waals surface area contributed by atoms with Crippen LogP contribution in [0.1, 0.15) is 22.5 Å². The summed E-state index contributed by atoms with van der Waals surface area (Å²) in [5.74, 6) is -2.43. The Hall–Kier alpha value is -1.30. The summed E-state index contributed by atoms with van der Waals surface area (Å²) in [6.45, 7) is 0. The van der Waals surface area contributed by atoms with Crippen molar-refractivity contribution in [3.8, 4) is 0 Å². The van der Waals surface area contributed by atoms with E-state index in [4.69, 9.17) is 17.3 Å². The summed E-state index contributed by atoms with van der Waals surface area (Å²) < 4.78 is 37.2. The number of hydrogen-bond donors (Lipinski definition) is 1. The Morgan fingerprint density at radius 2 is 2.14 bits per heavy atom. The molecule has 0 atom stereocenters. The number of nitrogens with two attached hydrogens (primary N) is 1. The standard InChI is InChI=1S/C7H4ClF3N2O/c8-3-1-2(5(9)10)4(7(12)14)13-6(3)11/h1,5H,(H2,12,14). The van der Waals surface area contributed by atoms with Crippen molar-refractivity contribution in [3.05, 3.63) is 28.3 Å². The second-order valence-electron chi connectivity index (χ2n) is 2.36. The molecular weight excluding hydrogens is 221 g/mol. The number of halogens is 4. The SMILES string of the molecule is NC(=O)c1nc(F)c(Cl)cc1C(F)F. The normalized spacial score (nSPS) is 10.6. The van der Waals surface area contributed by atoms with Crippen molar-refractivity contribution in [2.24, 2.45) is 5.73 Å². The van der Waals surface area contributed by atoms with E-state index in [-0.39, 0.29) is 0 Å². The molecule has 76 valence electrons. The van der Waals surface area contributed by atoms with Crippen LogP contribution in [0, 0.1) is 5.95 Å². The lowest BCUT2D eigenvalue weighted by molar-refractivity contribution is 0.0978. The van der Waals surface area contributed by atoms with Gasteiger partial charge in [-0.15, -0.1) is 0 Å². The molecule has 14 heavy (non-hydrogen) atoms. The zero-order valence-electron chi connectivity index (χ0n) is 6.60.